The average molecular weight is 465 g/mol. The molecule has 2 aliphatic heterocycles. The van der Waals surface area contributed by atoms with E-state index in [0.29, 0.717) is 16.6 Å². The fraction of sp³-hybridized carbons (Fsp3) is 0.222. The summed E-state index contributed by atoms with van der Waals surface area (Å²) in [5.41, 5.74) is -0.0789. The van der Waals surface area contributed by atoms with Gasteiger partial charge in [0.2, 0.25) is 20.2 Å². The molecule has 0 spiro atoms. The number of nitrogens with zero attached hydrogens (tertiary/aromatic N) is 3. The number of carbonyl (C=O) groups excluding carboxylic acids is 1. The van der Waals surface area contributed by atoms with Crippen molar-refractivity contribution in [2.75, 3.05) is 0 Å². The van der Waals surface area contributed by atoms with Crippen LogP contribution in [-0.4, -0.2) is 40.6 Å². The Hall–Kier alpha value is -2.57. The zero-order valence-electron chi connectivity index (χ0n) is 15.9. The molecule has 12 heteroatoms. The zero-order valence-corrected chi connectivity index (χ0v) is 18.3. The maximum absolute atomic E-state index is 12.6. The van der Waals surface area contributed by atoms with E-state index in [0.717, 1.165) is 22.6 Å². The van der Waals surface area contributed by atoms with Crippen LogP contribution < -0.4 is 0 Å². The van der Waals surface area contributed by atoms with Crippen LogP contribution in [0, 0.1) is 5.41 Å². The second-order valence-corrected chi connectivity index (χ2v) is 10.6. The summed E-state index contributed by atoms with van der Waals surface area (Å²) in [6, 6.07) is 7.06. The Balaban J connectivity index is 1.58. The van der Waals surface area contributed by atoms with Gasteiger partial charge in [0.1, 0.15) is 17.4 Å². The molecule has 2 aromatic heterocycles. The third-order valence-corrected chi connectivity index (χ3v) is 7.97. The number of furan rings is 2. The normalized spacial score (nSPS) is 18.2. The second-order valence-electron chi connectivity index (χ2n) is 6.53. The van der Waals surface area contributed by atoms with Crippen molar-refractivity contribution >= 4 is 61.7 Å². The number of thioether (sulfide) groups is 1. The smallest absolute Gasteiger partial charge is 0.283 e. The van der Waals surface area contributed by atoms with Gasteiger partial charge in [0, 0.05) is 0 Å². The number of amides is 1. The van der Waals surface area contributed by atoms with E-state index in [9.17, 15) is 13.2 Å². The number of amidine groups is 3. The van der Waals surface area contributed by atoms with Crippen LogP contribution in [-0.2, 0) is 20.4 Å². The lowest BCUT2D eigenvalue weighted by Gasteiger charge is -2.25. The molecular weight excluding hydrogens is 448 g/mol. The van der Waals surface area contributed by atoms with Crippen molar-refractivity contribution in [3.63, 3.8) is 0 Å². The van der Waals surface area contributed by atoms with Gasteiger partial charge >= 0.3 is 0 Å². The predicted molar refractivity (Wildman–Crippen MR) is 116 cm³/mol. The second kappa shape index (κ2) is 7.93. The minimum absolute atomic E-state index is 0.0514. The molecule has 1 N–H and O–H groups in total. The molecule has 30 heavy (non-hydrogen) atoms. The molecule has 0 saturated carbocycles. The number of sulfone groups is 1. The van der Waals surface area contributed by atoms with Crippen molar-refractivity contribution in [3.8, 4) is 0 Å². The first-order valence-electron chi connectivity index (χ1n) is 8.75. The van der Waals surface area contributed by atoms with E-state index >= 15 is 0 Å². The van der Waals surface area contributed by atoms with Crippen LogP contribution in [0.3, 0.4) is 0 Å². The summed E-state index contributed by atoms with van der Waals surface area (Å²) in [4.78, 5) is 17.4. The number of rotatable bonds is 5. The molecule has 4 heterocycles. The molecule has 0 bridgehead atoms. The highest BCUT2D eigenvalue weighted by Crippen LogP contribution is 2.32. The molecule has 0 unspecified atom stereocenters. The van der Waals surface area contributed by atoms with Crippen LogP contribution in [0.5, 0.6) is 0 Å². The minimum Gasteiger partial charge on any atom is -0.468 e. The standard InChI is InChI=1S/C18H16N4O5S3/c1-10(2)30(24,25)18-21-29-17-20-16(23)13(15(19)22(17)18)8-11-5-6-14(27-11)28-9-12-4-3-7-26-12/h3-8,10,19H,9H2,1-2H3/b13-8-,19-15?. The van der Waals surface area contributed by atoms with Gasteiger partial charge in [-0.25, -0.2) is 13.3 Å². The van der Waals surface area contributed by atoms with E-state index in [4.69, 9.17) is 14.2 Å². The Kier molecular flexibility index (Phi) is 5.47. The Bertz CT molecular complexity index is 1210. The third-order valence-electron chi connectivity index (χ3n) is 4.19. The fourth-order valence-electron chi connectivity index (χ4n) is 2.56. The molecule has 4 rings (SSSR count). The lowest BCUT2D eigenvalue weighted by atomic mass is 10.1. The molecule has 156 valence electrons. The van der Waals surface area contributed by atoms with Gasteiger partial charge in [-0.3, -0.25) is 10.2 Å². The van der Waals surface area contributed by atoms with Crippen LogP contribution in [0.2, 0.25) is 0 Å². The zero-order chi connectivity index (χ0) is 21.5. The topological polar surface area (TPSA) is 129 Å². The molecule has 2 aromatic rings. The number of nitrogens with one attached hydrogen (secondary N) is 1. The van der Waals surface area contributed by atoms with Crippen molar-refractivity contribution in [2.24, 2.45) is 9.39 Å². The Morgan fingerprint density at radius 1 is 1.33 bits per heavy atom. The maximum Gasteiger partial charge on any atom is 0.283 e. The van der Waals surface area contributed by atoms with Crippen molar-refractivity contribution in [3.05, 3.63) is 47.6 Å². The van der Waals surface area contributed by atoms with Crippen LogP contribution >= 0.6 is 23.7 Å². The van der Waals surface area contributed by atoms with Gasteiger partial charge < -0.3 is 8.83 Å². The molecule has 0 aromatic carbocycles. The molecule has 0 saturated heterocycles. The summed E-state index contributed by atoms with van der Waals surface area (Å²) in [6.07, 6.45) is 2.97. The molecule has 0 radical (unpaired) electrons. The van der Waals surface area contributed by atoms with E-state index < -0.39 is 21.0 Å². The largest absolute Gasteiger partial charge is 0.468 e. The lowest BCUT2D eigenvalue weighted by Crippen LogP contribution is -2.46. The van der Waals surface area contributed by atoms with Crippen molar-refractivity contribution < 1.29 is 22.0 Å². The highest BCUT2D eigenvalue weighted by atomic mass is 32.2. The van der Waals surface area contributed by atoms with E-state index in [1.165, 1.54) is 31.7 Å². The van der Waals surface area contributed by atoms with E-state index in [-0.39, 0.29) is 21.7 Å². The fourth-order valence-corrected chi connectivity index (χ4v) is 5.39. The van der Waals surface area contributed by atoms with E-state index in [2.05, 4.69) is 9.39 Å². The van der Waals surface area contributed by atoms with Gasteiger partial charge in [0.25, 0.3) is 5.91 Å². The number of carbonyl (C=O) groups is 1. The highest BCUT2D eigenvalue weighted by Gasteiger charge is 2.43. The number of fused-ring (bicyclic) bond motifs is 1. The van der Waals surface area contributed by atoms with Gasteiger partial charge in [-0.15, -0.1) is 0 Å². The summed E-state index contributed by atoms with van der Waals surface area (Å²) in [5, 5.41) is 8.06. The number of hydrogen-bond acceptors (Lipinski definition) is 9. The number of aliphatic imine (C=N–C) groups is 1. The summed E-state index contributed by atoms with van der Waals surface area (Å²) in [7, 11) is -3.76. The first-order valence-corrected chi connectivity index (χ1v) is 12.1. The van der Waals surface area contributed by atoms with Gasteiger partial charge in [-0.1, -0.05) is 11.8 Å². The maximum atomic E-state index is 12.6. The van der Waals surface area contributed by atoms with Gasteiger partial charge in [0.05, 0.1) is 34.8 Å². The molecular formula is C18H16N4O5S3. The Morgan fingerprint density at radius 2 is 2.13 bits per heavy atom. The molecule has 9 nitrogen and oxygen atoms in total. The molecule has 1 amide bonds. The highest BCUT2D eigenvalue weighted by molar-refractivity contribution is 8.16. The quantitative estimate of drug-likeness (QED) is 0.404. The monoisotopic (exact) mass is 464 g/mol. The average Bonchev–Trinajstić information content (AvgIpc) is 3.43. The molecule has 0 atom stereocenters. The first-order chi connectivity index (χ1) is 14.3. The summed E-state index contributed by atoms with van der Waals surface area (Å²) >= 11 is 2.18. The van der Waals surface area contributed by atoms with Gasteiger partial charge in [-0.2, -0.15) is 9.39 Å². The van der Waals surface area contributed by atoms with Crippen LogP contribution in [0.1, 0.15) is 25.4 Å². The number of hydrogen-bond donors (Lipinski definition) is 1. The van der Waals surface area contributed by atoms with Gasteiger partial charge in [-0.05, 0) is 44.2 Å². The Labute approximate surface area is 180 Å². The molecule has 0 aliphatic carbocycles. The first kappa shape index (κ1) is 20.7. The molecule has 0 fully saturated rings. The van der Waals surface area contributed by atoms with Crippen LogP contribution in [0.25, 0.3) is 6.08 Å². The summed E-state index contributed by atoms with van der Waals surface area (Å²) < 4.78 is 40.1. The van der Waals surface area contributed by atoms with E-state index in [1.54, 1.807) is 24.5 Å². The molecule has 2 aliphatic rings. The summed E-state index contributed by atoms with van der Waals surface area (Å²) in [6.45, 7) is 3.05. The van der Waals surface area contributed by atoms with Crippen molar-refractivity contribution in [2.45, 2.75) is 29.9 Å². The SMILES string of the molecule is CC(C)S(=O)(=O)C1=NSC2=NC(=O)/C(=C\c3ccc(SCc4ccco4)o3)C(=N)N21. The minimum atomic E-state index is -3.76. The van der Waals surface area contributed by atoms with Crippen molar-refractivity contribution in [1.82, 2.24) is 4.90 Å². The van der Waals surface area contributed by atoms with E-state index in [1.807, 2.05) is 6.07 Å². The summed E-state index contributed by atoms with van der Waals surface area (Å²) in [5.74, 6) is 0.766. The lowest BCUT2D eigenvalue weighted by molar-refractivity contribution is -0.114. The van der Waals surface area contributed by atoms with Gasteiger partial charge in [0.15, 0.2) is 5.09 Å². The van der Waals surface area contributed by atoms with Crippen LogP contribution in [0.4, 0.5) is 0 Å². The van der Waals surface area contributed by atoms with Crippen LogP contribution in [0.15, 0.2) is 59.4 Å². The van der Waals surface area contributed by atoms with Crippen molar-refractivity contribution in [1.29, 1.82) is 5.41 Å². The third kappa shape index (κ3) is 3.77. The predicted octanol–water partition coefficient (Wildman–Crippen LogP) is 3.56. The Morgan fingerprint density at radius 3 is 2.83 bits per heavy atom.